The predicted octanol–water partition coefficient (Wildman–Crippen LogP) is 5.50. The van der Waals surface area contributed by atoms with Crippen LogP contribution in [0.3, 0.4) is 0 Å². The Hall–Kier alpha value is -3.20. The molecule has 0 N–H and O–H groups in total. The highest BCUT2D eigenvalue weighted by molar-refractivity contribution is 6.16. The van der Waals surface area contributed by atoms with Gasteiger partial charge in [-0.1, -0.05) is 18.2 Å². The Bertz CT molecular complexity index is 1210. The van der Waals surface area contributed by atoms with Gasteiger partial charge in [0, 0.05) is 33.6 Å². The van der Waals surface area contributed by atoms with Gasteiger partial charge in [-0.25, -0.2) is 0 Å². The average Bonchev–Trinajstić information content (AvgIpc) is 3.01. The molecule has 5 rings (SSSR count). The van der Waals surface area contributed by atoms with Crippen molar-refractivity contribution in [1.82, 2.24) is 9.97 Å². The zero-order chi connectivity index (χ0) is 16.1. The quantitative estimate of drug-likeness (QED) is 0.410. The number of aryl methyl sites for hydroxylation is 1. The normalized spacial score (nSPS) is 11.5. The summed E-state index contributed by atoms with van der Waals surface area (Å²) in [6.45, 7) is 2.00. The Labute approximate surface area is 138 Å². The number of benzene rings is 2. The maximum atomic E-state index is 6.31. The van der Waals surface area contributed by atoms with Crippen molar-refractivity contribution in [2.24, 2.45) is 0 Å². The van der Waals surface area contributed by atoms with Crippen LogP contribution in [0.25, 0.3) is 44.1 Å². The number of nitrogens with zero attached hydrogens (tertiary/aromatic N) is 2. The fraction of sp³-hybridized carbons (Fsp3) is 0.0476. The minimum atomic E-state index is 0.874. The van der Waals surface area contributed by atoms with Gasteiger partial charge < -0.3 is 4.42 Å². The first-order chi connectivity index (χ1) is 11.8. The number of hydrogen-bond donors (Lipinski definition) is 0. The second-order valence-corrected chi connectivity index (χ2v) is 5.96. The molecule has 24 heavy (non-hydrogen) atoms. The minimum Gasteiger partial charge on any atom is -0.455 e. The standard InChI is InChI=1S/C21H14N2O/c1-13-8-9-17-19(23-13)11-10-15-14-5-4-6-16(20(14)24-21(15)17)18-7-2-3-12-22-18/h2-12H,1H3. The molecule has 0 aliphatic heterocycles. The number of hydrogen-bond acceptors (Lipinski definition) is 3. The van der Waals surface area contributed by atoms with Crippen molar-refractivity contribution in [2.45, 2.75) is 6.92 Å². The van der Waals surface area contributed by atoms with Crippen molar-refractivity contribution in [3.63, 3.8) is 0 Å². The van der Waals surface area contributed by atoms with E-state index in [9.17, 15) is 0 Å². The molecule has 0 bridgehead atoms. The van der Waals surface area contributed by atoms with E-state index in [1.54, 1.807) is 6.20 Å². The van der Waals surface area contributed by atoms with E-state index in [0.717, 1.165) is 49.8 Å². The molecule has 114 valence electrons. The third-order valence-electron chi connectivity index (χ3n) is 4.41. The van der Waals surface area contributed by atoms with Crippen LogP contribution >= 0.6 is 0 Å². The molecule has 0 radical (unpaired) electrons. The molecule has 3 heteroatoms. The van der Waals surface area contributed by atoms with Crippen molar-refractivity contribution in [1.29, 1.82) is 0 Å². The average molecular weight is 310 g/mol. The van der Waals surface area contributed by atoms with Gasteiger partial charge in [0.2, 0.25) is 0 Å². The second kappa shape index (κ2) is 4.90. The van der Waals surface area contributed by atoms with Crippen molar-refractivity contribution >= 4 is 32.8 Å². The third kappa shape index (κ3) is 1.85. The highest BCUT2D eigenvalue weighted by atomic mass is 16.3. The van der Waals surface area contributed by atoms with E-state index >= 15 is 0 Å². The summed E-state index contributed by atoms with van der Waals surface area (Å²) in [7, 11) is 0. The Kier molecular flexibility index (Phi) is 2.71. The number of furan rings is 1. The lowest BCUT2D eigenvalue weighted by molar-refractivity contribution is 0.673. The molecule has 3 nitrogen and oxygen atoms in total. The molecule has 5 aromatic rings. The fourth-order valence-electron chi connectivity index (χ4n) is 3.29. The fourth-order valence-corrected chi connectivity index (χ4v) is 3.29. The van der Waals surface area contributed by atoms with Gasteiger partial charge in [-0.2, -0.15) is 0 Å². The summed E-state index contributed by atoms with van der Waals surface area (Å²) < 4.78 is 6.31. The zero-order valence-electron chi connectivity index (χ0n) is 13.2. The monoisotopic (exact) mass is 310 g/mol. The van der Waals surface area contributed by atoms with Gasteiger partial charge >= 0.3 is 0 Å². The SMILES string of the molecule is Cc1ccc2c(ccc3c4cccc(-c5ccccn5)c4oc23)n1. The third-order valence-corrected chi connectivity index (χ3v) is 4.41. The largest absolute Gasteiger partial charge is 0.455 e. The van der Waals surface area contributed by atoms with E-state index in [2.05, 4.69) is 46.4 Å². The lowest BCUT2D eigenvalue weighted by Gasteiger charge is -2.00. The molecule has 3 aromatic heterocycles. The predicted molar refractivity (Wildman–Crippen MR) is 97.0 cm³/mol. The van der Waals surface area contributed by atoms with Crippen molar-refractivity contribution in [3.8, 4) is 11.3 Å². The van der Waals surface area contributed by atoms with E-state index < -0.39 is 0 Å². The van der Waals surface area contributed by atoms with E-state index in [0.29, 0.717) is 0 Å². The molecule has 0 amide bonds. The molecule has 0 spiro atoms. The van der Waals surface area contributed by atoms with Crippen molar-refractivity contribution in [2.75, 3.05) is 0 Å². The molecule has 0 saturated heterocycles. The van der Waals surface area contributed by atoms with Crippen LogP contribution in [0.2, 0.25) is 0 Å². The summed E-state index contributed by atoms with van der Waals surface area (Å²) in [6, 6.07) is 20.4. The van der Waals surface area contributed by atoms with E-state index in [-0.39, 0.29) is 0 Å². The van der Waals surface area contributed by atoms with E-state index in [1.807, 2.05) is 31.2 Å². The van der Waals surface area contributed by atoms with Crippen LogP contribution in [0.5, 0.6) is 0 Å². The van der Waals surface area contributed by atoms with Crippen LogP contribution in [-0.2, 0) is 0 Å². The Morgan fingerprint density at radius 1 is 0.750 bits per heavy atom. The van der Waals surface area contributed by atoms with Crippen LogP contribution in [0.4, 0.5) is 0 Å². The molecule has 0 aliphatic rings. The molecule has 0 atom stereocenters. The van der Waals surface area contributed by atoms with Gasteiger partial charge in [-0.3, -0.25) is 9.97 Å². The van der Waals surface area contributed by atoms with E-state index in [1.165, 1.54) is 0 Å². The summed E-state index contributed by atoms with van der Waals surface area (Å²) in [5.41, 5.74) is 5.66. The summed E-state index contributed by atoms with van der Waals surface area (Å²) >= 11 is 0. The maximum Gasteiger partial charge on any atom is 0.144 e. The van der Waals surface area contributed by atoms with Crippen LogP contribution in [-0.4, -0.2) is 9.97 Å². The lowest BCUT2D eigenvalue weighted by atomic mass is 10.1. The van der Waals surface area contributed by atoms with Gasteiger partial charge in [0.25, 0.3) is 0 Å². The molecular weight excluding hydrogens is 296 g/mol. The summed E-state index contributed by atoms with van der Waals surface area (Å²) in [5, 5.41) is 3.26. The highest BCUT2D eigenvalue weighted by Crippen LogP contribution is 2.37. The number of fused-ring (bicyclic) bond motifs is 5. The first-order valence-corrected chi connectivity index (χ1v) is 7.94. The van der Waals surface area contributed by atoms with Gasteiger partial charge in [-0.15, -0.1) is 0 Å². The van der Waals surface area contributed by atoms with Crippen molar-refractivity contribution < 1.29 is 4.42 Å². The van der Waals surface area contributed by atoms with Crippen LogP contribution in [0, 0.1) is 6.92 Å². The topological polar surface area (TPSA) is 38.9 Å². The summed E-state index contributed by atoms with van der Waals surface area (Å²) in [6.07, 6.45) is 1.80. The number of para-hydroxylation sites is 1. The summed E-state index contributed by atoms with van der Waals surface area (Å²) in [4.78, 5) is 9.08. The molecule has 0 fully saturated rings. The Balaban J connectivity index is 1.92. The molecule has 2 aromatic carbocycles. The van der Waals surface area contributed by atoms with Gasteiger partial charge in [0.15, 0.2) is 0 Å². The van der Waals surface area contributed by atoms with Crippen molar-refractivity contribution in [3.05, 3.63) is 72.6 Å². The van der Waals surface area contributed by atoms with Gasteiger partial charge in [-0.05, 0) is 49.4 Å². The molecule has 3 heterocycles. The lowest BCUT2D eigenvalue weighted by Crippen LogP contribution is -1.82. The number of pyridine rings is 2. The van der Waals surface area contributed by atoms with Crippen LogP contribution in [0.1, 0.15) is 5.69 Å². The molecule has 0 saturated carbocycles. The maximum absolute atomic E-state index is 6.31. The Morgan fingerprint density at radius 2 is 1.62 bits per heavy atom. The molecule has 0 unspecified atom stereocenters. The zero-order valence-corrected chi connectivity index (χ0v) is 13.2. The molecule has 0 aliphatic carbocycles. The first kappa shape index (κ1) is 13.3. The van der Waals surface area contributed by atoms with Gasteiger partial charge in [0.05, 0.1) is 11.2 Å². The number of rotatable bonds is 1. The minimum absolute atomic E-state index is 0.874. The first-order valence-electron chi connectivity index (χ1n) is 7.94. The van der Waals surface area contributed by atoms with Crippen LogP contribution in [0.15, 0.2) is 71.3 Å². The number of aromatic nitrogens is 2. The van der Waals surface area contributed by atoms with Crippen LogP contribution < -0.4 is 0 Å². The van der Waals surface area contributed by atoms with E-state index in [4.69, 9.17) is 4.42 Å². The van der Waals surface area contributed by atoms with Gasteiger partial charge in [0.1, 0.15) is 11.2 Å². The Morgan fingerprint density at radius 3 is 2.50 bits per heavy atom. The highest BCUT2D eigenvalue weighted by Gasteiger charge is 2.14. The smallest absolute Gasteiger partial charge is 0.144 e. The molecular formula is C21H14N2O. The second-order valence-electron chi connectivity index (χ2n) is 5.96. The summed E-state index contributed by atoms with van der Waals surface area (Å²) in [5.74, 6) is 0.